The third-order valence-corrected chi connectivity index (χ3v) is 8.99. The maximum atomic E-state index is 13.7. The summed E-state index contributed by atoms with van der Waals surface area (Å²) in [7, 11) is -3.82. The summed E-state index contributed by atoms with van der Waals surface area (Å²) in [5, 5.41) is 0.580. The van der Waals surface area contributed by atoms with Crippen LogP contribution in [0.2, 0.25) is 5.02 Å². The smallest absolute Gasteiger partial charge is 0.233 e. The molecule has 0 aliphatic heterocycles. The second-order valence-corrected chi connectivity index (χ2v) is 12.1. The number of hydrogen-bond acceptors (Lipinski definition) is 4. The third kappa shape index (κ3) is 7.47. The Morgan fingerprint density at radius 3 is 2.54 bits per heavy atom. The molecule has 0 radical (unpaired) electrons. The van der Waals surface area contributed by atoms with E-state index in [4.69, 9.17) is 16.3 Å². The van der Waals surface area contributed by atoms with Crippen LogP contribution in [-0.4, -0.2) is 49.0 Å². The maximum Gasteiger partial charge on any atom is 0.233 e. The molecule has 0 bridgehead atoms. The molecular weight excluding hydrogens is 576 g/mol. The van der Waals surface area contributed by atoms with E-state index in [0.717, 1.165) is 23.1 Å². The molecule has 0 aromatic heterocycles. The van der Waals surface area contributed by atoms with Crippen molar-refractivity contribution in [3.8, 4) is 5.75 Å². The topological polar surface area (TPSA) is 75.7 Å². The Kier molecular flexibility index (Phi) is 10.8. The van der Waals surface area contributed by atoms with Gasteiger partial charge in [-0.2, -0.15) is 0 Å². The number of allylic oxidation sites excluding steroid dienone is 3. The summed E-state index contributed by atoms with van der Waals surface area (Å²) in [6.07, 6.45) is 7.23. The highest BCUT2D eigenvalue weighted by Gasteiger charge is 2.44. The lowest BCUT2D eigenvalue weighted by Gasteiger charge is -2.37. The molecule has 2 aromatic carbocycles. The Hall–Kier alpha value is -2.13. The van der Waals surface area contributed by atoms with E-state index in [9.17, 15) is 13.2 Å². The molecular formula is C28H34BrClN2O4S. The molecule has 6 nitrogen and oxygen atoms in total. The highest BCUT2D eigenvalue weighted by Crippen LogP contribution is 2.34. The molecule has 1 unspecified atom stereocenters. The number of alkyl halides is 1. The van der Waals surface area contributed by atoms with E-state index in [-0.39, 0.29) is 30.7 Å². The number of nitrogens with zero attached hydrogens (tertiary/aromatic N) is 1. The molecule has 0 saturated heterocycles. The molecule has 0 heterocycles. The number of rotatable bonds is 13. The van der Waals surface area contributed by atoms with Gasteiger partial charge in [-0.15, -0.1) is 0 Å². The summed E-state index contributed by atoms with van der Waals surface area (Å²) in [5.74, 6) is 0.405. The molecule has 37 heavy (non-hydrogen) atoms. The van der Waals surface area contributed by atoms with E-state index < -0.39 is 14.8 Å². The van der Waals surface area contributed by atoms with Gasteiger partial charge in [-0.1, -0.05) is 89.9 Å². The summed E-state index contributed by atoms with van der Waals surface area (Å²) < 4.78 is 34.7. The standard InChI is InChI=1S/C28H34BrClN2O4S/c1-3-16-31-37(34,35)28(14-12-23(13-15-28)22-8-6-5-7-9-22)21-32(27(33)19-29)20-24-18-25(30)10-11-26(24)36-17-4-2/h5-14,18,31H,3-4,15-17,19-21H2,1-2H3. The first-order chi connectivity index (χ1) is 17.7. The molecule has 0 spiro atoms. The highest BCUT2D eigenvalue weighted by atomic mass is 79.9. The SMILES string of the molecule is CCCNS(=O)(=O)C1(CN(Cc2cc(Cl)ccc2OCCC)C(=O)CBr)C=CC(c2ccccc2)=CC1. The summed E-state index contributed by atoms with van der Waals surface area (Å²) in [6.45, 7) is 4.92. The van der Waals surface area contributed by atoms with Crippen molar-refractivity contribution >= 4 is 49.0 Å². The van der Waals surface area contributed by atoms with Crippen molar-refractivity contribution in [1.82, 2.24) is 9.62 Å². The molecule has 0 saturated carbocycles. The molecule has 1 atom stereocenters. The molecule has 1 amide bonds. The van der Waals surface area contributed by atoms with Gasteiger partial charge in [0, 0.05) is 30.2 Å². The summed E-state index contributed by atoms with van der Waals surface area (Å²) in [4.78, 5) is 14.7. The van der Waals surface area contributed by atoms with Gasteiger partial charge in [-0.05, 0) is 48.6 Å². The number of sulfonamides is 1. The van der Waals surface area contributed by atoms with E-state index >= 15 is 0 Å². The van der Waals surface area contributed by atoms with Gasteiger partial charge in [0.2, 0.25) is 15.9 Å². The highest BCUT2D eigenvalue weighted by molar-refractivity contribution is 9.09. The Labute approximate surface area is 233 Å². The van der Waals surface area contributed by atoms with Crippen molar-refractivity contribution in [1.29, 1.82) is 0 Å². The average molecular weight is 610 g/mol. The minimum Gasteiger partial charge on any atom is -0.493 e. The number of ether oxygens (including phenoxy) is 1. The van der Waals surface area contributed by atoms with Crippen LogP contribution >= 0.6 is 27.5 Å². The lowest BCUT2D eigenvalue weighted by atomic mass is 9.91. The predicted molar refractivity (Wildman–Crippen MR) is 155 cm³/mol. The summed E-state index contributed by atoms with van der Waals surface area (Å²) >= 11 is 9.55. The van der Waals surface area contributed by atoms with Gasteiger partial charge in [0.25, 0.3) is 0 Å². The van der Waals surface area contributed by atoms with Crippen LogP contribution in [0.3, 0.4) is 0 Å². The number of halogens is 2. The largest absolute Gasteiger partial charge is 0.493 e. The first-order valence-electron chi connectivity index (χ1n) is 12.4. The maximum absolute atomic E-state index is 13.7. The summed E-state index contributed by atoms with van der Waals surface area (Å²) in [5.41, 5.74) is 2.69. The molecule has 1 aliphatic rings. The van der Waals surface area contributed by atoms with Crippen molar-refractivity contribution in [3.63, 3.8) is 0 Å². The Morgan fingerprint density at radius 1 is 1.16 bits per heavy atom. The Balaban J connectivity index is 1.98. The minimum atomic E-state index is -3.82. The molecule has 3 rings (SSSR count). The van der Waals surface area contributed by atoms with E-state index in [0.29, 0.717) is 30.3 Å². The molecule has 2 aromatic rings. The van der Waals surface area contributed by atoms with Crippen LogP contribution in [0.15, 0.2) is 66.8 Å². The predicted octanol–water partition coefficient (Wildman–Crippen LogP) is 5.96. The van der Waals surface area contributed by atoms with Crippen LogP contribution in [0.5, 0.6) is 5.75 Å². The van der Waals surface area contributed by atoms with Crippen LogP contribution in [0.1, 0.15) is 44.2 Å². The molecule has 1 aliphatic carbocycles. The average Bonchev–Trinajstić information content (AvgIpc) is 2.91. The van der Waals surface area contributed by atoms with Gasteiger partial charge >= 0.3 is 0 Å². The number of hydrogen-bond donors (Lipinski definition) is 1. The van der Waals surface area contributed by atoms with Crippen LogP contribution in [-0.2, 0) is 21.4 Å². The van der Waals surface area contributed by atoms with Crippen molar-refractivity contribution in [2.24, 2.45) is 0 Å². The van der Waals surface area contributed by atoms with Gasteiger partial charge < -0.3 is 9.64 Å². The fourth-order valence-corrected chi connectivity index (χ4v) is 6.34. The lowest BCUT2D eigenvalue weighted by Crippen LogP contribution is -2.54. The second kappa shape index (κ2) is 13.6. The van der Waals surface area contributed by atoms with E-state index in [1.165, 1.54) is 0 Å². The molecule has 1 N–H and O–H groups in total. The monoisotopic (exact) mass is 608 g/mol. The second-order valence-electron chi connectivity index (χ2n) is 9.01. The number of nitrogens with one attached hydrogen (secondary N) is 1. The van der Waals surface area contributed by atoms with Crippen LogP contribution in [0, 0.1) is 0 Å². The molecule has 9 heteroatoms. The number of amides is 1. The minimum absolute atomic E-state index is 0.0225. The zero-order chi connectivity index (χ0) is 26.9. The number of benzene rings is 2. The number of carbonyl (C=O) groups excluding carboxylic acids is 1. The first kappa shape index (κ1) is 29.4. The van der Waals surface area contributed by atoms with Crippen molar-refractivity contribution in [2.45, 2.75) is 44.4 Å². The normalized spacial score (nSPS) is 17.4. The molecule has 0 fully saturated rings. The van der Waals surface area contributed by atoms with Crippen LogP contribution in [0.4, 0.5) is 0 Å². The summed E-state index contributed by atoms with van der Waals surface area (Å²) in [6, 6.07) is 15.1. The van der Waals surface area contributed by atoms with Gasteiger partial charge in [0.15, 0.2) is 0 Å². The zero-order valence-corrected chi connectivity index (χ0v) is 24.4. The fraction of sp³-hybridized carbons (Fsp3) is 0.393. The van der Waals surface area contributed by atoms with Gasteiger partial charge in [0.05, 0.1) is 11.9 Å². The van der Waals surface area contributed by atoms with Gasteiger partial charge in [0.1, 0.15) is 10.5 Å². The zero-order valence-electron chi connectivity index (χ0n) is 21.3. The Bertz CT molecular complexity index is 1230. The van der Waals surface area contributed by atoms with Gasteiger partial charge in [-0.3, -0.25) is 4.79 Å². The van der Waals surface area contributed by atoms with Crippen molar-refractivity contribution < 1.29 is 17.9 Å². The van der Waals surface area contributed by atoms with E-state index in [1.807, 2.05) is 56.3 Å². The van der Waals surface area contributed by atoms with Crippen molar-refractivity contribution in [3.05, 3.63) is 82.9 Å². The lowest BCUT2D eigenvalue weighted by molar-refractivity contribution is -0.129. The fourth-order valence-electron chi connectivity index (χ4n) is 4.16. The number of carbonyl (C=O) groups is 1. The van der Waals surface area contributed by atoms with E-state index in [2.05, 4.69) is 20.7 Å². The first-order valence-corrected chi connectivity index (χ1v) is 15.4. The Morgan fingerprint density at radius 2 is 1.92 bits per heavy atom. The van der Waals surface area contributed by atoms with Crippen molar-refractivity contribution in [2.75, 3.05) is 25.0 Å². The molecule has 200 valence electrons. The van der Waals surface area contributed by atoms with E-state index in [1.54, 1.807) is 29.2 Å². The quantitative estimate of drug-likeness (QED) is 0.284. The van der Waals surface area contributed by atoms with Crippen LogP contribution in [0.25, 0.3) is 5.57 Å². The third-order valence-electron chi connectivity index (χ3n) is 6.19. The van der Waals surface area contributed by atoms with Gasteiger partial charge in [-0.25, -0.2) is 13.1 Å². The van der Waals surface area contributed by atoms with Crippen LogP contribution < -0.4 is 9.46 Å².